The van der Waals surface area contributed by atoms with E-state index in [-0.39, 0.29) is 0 Å². The Bertz CT molecular complexity index is 452. The average molecular weight is 281 g/mol. The predicted octanol–water partition coefficient (Wildman–Crippen LogP) is 3.77. The summed E-state index contributed by atoms with van der Waals surface area (Å²) in [5, 5.41) is 18.9. The number of rotatable bonds is 6. The van der Waals surface area contributed by atoms with E-state index in [2.05, 4.69) is 24.8 Å². The van der Waals surface area contributed by atoms with Crippen LogP contribution in [0.5, 0.6) is 0 Å². The van der Waals surface area contributed by atoms with Crippen LogP contribution in [0.1, 0.15) is 38.9 Å². The molecule has 1 rings (SSSR count). The molecule has 1 aromatic rings. The van der Waals surface area contributed by atoms with Gasteiger partial charge in [-0.1, -0.05) is 31.5 Å². The van der Waals surface area contributed by atoms with Crippen LogP contribution in [0, 0.1) is 17.2 Å². The van der Waals surface area contributed by atoms with Crippen molar-refractivity contribution in [1.29, 1.82) is 5.26 Å². The van der Waals surface area contributed by atoms with Crippen LogP contribution in [0.3, 0.4) is 0 Å². The third-order valence-corrected chi connectivity index (χ3v) is 3.18. The van der Waals surface area contributed by atoms with Crippen molar-refractivity contribution in [2.24, 2.45) is 5.92 Å². The van der Waals surface area contributed by atoms with Gasteiger partial charge in [0.2, 0.25) is 0 Å². The molecule has 0 radical (unpaired) electrons. The van der Waals surface area contributed by atoms with E-state index in [9.17, 15) is 5.11 Å². The molecule has 1 atom stereocenters. The third-order valence-electron chi connectivity index (χ3n) is 2.87. The number of hydrogen-bond acceptors (Lipinski definition) is 3. The van der Waals surface area contributed by atoms with Gasteiger partial charge in [0.1, 0.15) is 0 Å². The zero-order valence-electron chi connectivity index (χ0n) is 11.7. The van der Waals surface area contributed by atoms with Crippen LogP contribution in [0.2, 0.25) is 5.02 Å². The van der Waals surface area contributed by atoms with Crippen LogP contribution in [0.4, 0.5) is 5.69 Å². The van der Waals surface area contributed by atoms with E-state index in [0.29, 0.717) is 23.9 Å². The average Bonchev–Trinajstić information content (AvgIpc) is 2.34. The molecule has 0 aliphatic carbocycles. The highest BCUT2D eigenvalue weighted by Gasteiger charge is 2.13. The first-order chi connectivity index (χ1) is 8.95. The Morgan fingerprint density at radius 1 is 1.37 bits per heavy atom. The predicted molar refractivity (Wildman–Crippen MR) is 79.4 cm³/mol. The lowest BCUT2D eigenvalue weighted by Gasteiger charge is -2.27. The first kappa shape index (κ1) is 15.8. The Morgan fingerprint density at radius 2 is 2.05 bits per heavy atom. The molecule has 19 heavy (non-hydrogen) atoms. The van der Waals surface area contributed by atoms with Gasteiger partial charge in [-0.05, 0) is 30.5 Å². The molecule has 0 bridgehead atoms. The van der Waals surface area contributed by atoms with Crippen molar-refractivity contribution < 1.29 is 5.11 Å². The molecule has 0 spiro atoms. The minimum atomic E-state index is -0.524. The Labute approximate surface area is 120 Å². The molecule has 104 valence electrons. The zero-order valence-corrected chi connectivity index (χ0v) is 12.5. The third kappa shape index (κ3) is 4.74. The lowest BCUT2D eigenvalue weighted by Crippen LogP contribution is -2.28. The quantitative estimate of drug-likeness (QED) is 0.863. The van der Waals surface area contributed by atoms with Crippen molar-refractivity contribution in [2.45, 2.75) is 33.3 Å². The number of anilines is 1. The molecule has 0 saturated heterocycles. The second kappa shape index (κ2) is 7.37. The fraction of sp³-hybridized carbons (Fsp3) is 0.533. The number of aliphatic hydroxyl groups is 1. The molecular formula is C15H21ClN2O. The van der Waals surface area contributed by atoms with Gasteiger partial charge in [0, 0.05) is 13.1 Å². The van der Waals surface area contributed by atoms with E-state index in [4.69, 9.17) is 16.9 Å². The standard InChI is InChI=1S/C15H21ClN2O/c1-11(2)10-18(8-4-7-17)15-6-5-13(12(3)19)9-14(15)16/h5-6,9,11-12,19H,4,8,10H2,1-3H3/t12-/m1/s1. The van der Waals surface area contributed by atoms with Crippen molar-refractivity contribution in [3.05, 3.63) is 28.8 Å². The molecule has 0 heterocycles. The summed E-state index contributed by atoms with van der Waals surface area (Å²) < 4.78 is 0. The van der Waals surface area contributed by atoms with Gasteiger partial charge in [-0.25, -0.2) is 0 Å². The van der Waals surface area contributed by atoms with Gasteiger partial charge in [-0.15, -0.1) is 0 Å². The molecule has 3 nitrogen and oxygen atoms in total. The summed E-state index contributed by atoms with van der Waals surface area (Å²) in [6, 6.07) is 7.76. The Balaban J connectivity index is 2.98. The minimum absolute atomic E-state index is 0.473. The molecule has 4 heteroatoms. The van der Waals surface area contributed by atoms with Crippen molar-refractivity contribution >= 4 is 17.3 Å². The summed E-state index contributed by atoms with van der Waals surface area (Å²) in [6.07, 6.45) is -0.0505. The number of aliphatic hydroxyl groups excluding tert-OH is 1. The van der Waals surface area contributed by atoms with Gasteiger partial charge < -0.3 is 10.0 Å². The molecule has 0 amide bonds. The van der Waals surface area contributed by atoms with Gasteiger partial charge >= 0.3 is 0 Å². The summed E-state index contributed by atoms with van der Waals surface area (Å²) in [7, 11) is 0. The smallest absolute Gasteiger partial charge is 0.0762 e. The van der Waals surface area contributed by atoms with E-state index < -0.39 is 6.10 Å². The van der Waals surface area contributed by atoms with E-state index in [1.165, 1.54) is 0 Å². The highest BCUT2D eigenvalue weighted by atomic mass is 35.5. The number of nitriles is 1. The molecule has 0 saturated carbocycles. The maximum atomic E-state index is 9.55. The summed E-state index contributed by atoms with van der Waals surface area (Å²) in [6.45, 7) is 7.51. The molecule has 1 aromatic carbocycles. The molecule has 0 aliphatic rings. The molecule has 0 aliphatic heterocycles. The van der Waals surface area contributed by atoms with Gasteiger partial charge in [-0.3, -0.25) is 0 Å². The van der Waals surface area contributed by atoms with Crippen LogP contribution < -0.4 is 4.90 Å². The van der Waals surface area contributed by atoms with Gasteiger partial charge in [0.25, 0.3) is 0 Å². The van der Waals surface area contributed by atoms with Crippen molar-refractivity contribution in [1.82, 2.24) is 0 Å². The van der Waals surface area contributed by atoms with Crippen LogP contribution in [-0.4, -0.2) is 18.2 Å². The number of benzene rings is 1. The summed E-state index contributed by atoms with van der Waals surface area (Å²) in [5.41, 5.74) is 1.73. The summed E-state index contributed by atoms with van der Waals surface area (Å²) in [5.74, 6) is 0.492. The fourth-order valence-electron chi connectivity index (χ4n) is 1.98. The summed E-state index contributed by atoms with van der Waals surface area (Å²) in [4.78, 5) is 2.13. The van der Waals surface area contributed by atoms with Gasteiger partial charge in [0.05, 0.1) is 29.3 Å². The lowest BCUT2D eigenvalue weighted by atomic mass is 10.1. The Morgan fingerprint density at radius 3 is 2.53 bits per heavy atom. The fourth-order valence-corrected chi connectivity index (χ4v) is 2.28. The van der Waals surface area contributed by atoms with Gasteiger partial charge in [-0.2, -0.15) is 5.26 Å². The number of halogens is 1. The van der Waals surface area contributed by atoms with Crippen LogP contribution in [-0.2, 0) is 0 Å². The van der Waals surface area contributed by atoms with Crippen molar-refractivity contribution in [3.63, 3.8) is 0 Å². The van der Waals surface area contributed by atoms with Crippen molar-refractivity contribution in [3.8, 4) is 6.07 Å². The van der Waals surface area contributed by atoms with Crippen molar-refractivity contribution in [2.75, 3.05) is 18.0 Å². The molecule has 1 N–H and O–H groups in total. The second-order valence-corrected chi connectivity index (χ2v) is 5.54. The normalized spacial score (nSPS) is 12.3. The second-order valence-electron chi connectivity index (χ2n) is 5.13. The first-order valence-electron chi connectivity index (χ1n) is 6.55. The zero-order chi connectivity index (χ0) is 14.4. The largest absolute Gasteiger partial charge is 0.389 e. The highest BCUT2D eigenvalue weighted by Crippen LogP contribution is 2.29. The number of hydrogen-bond donors (Lipinski definition) is 1. The van der Waals surface area contributed by atoms with E-state index in [1.54, 1.807) is 13.0 Å². The van der Waals surface area contributed by atoms with Crippen LogP contribution in [0.25, 0.3) is 0 Å². The van der Waals surface area contributed by atoms with E-state index in [0.717, 1.165) is 17.8 Å². The monoisotopic (exact) mass is 280 g/mol. The highest BCUT2D eigenvalue weighted by molar-refractivity contribution is 6.33. The molecule has 0 unspecified atom stereocenters. The molecule has 0 aromatic heterocycles. The summed E-state index contributed by atoms with van der Waals surface area (Å²) >= 11 is 6.29. The first-order valence-corrected chi connectivity index (χ1v) is 6.93. The maximum absolute atomic E-state index is 9.55. The molecule has 0 fully saturated rings. The Hall–Kier alpha value is -1.24. The van der Waals surface area contributed by atoms with Crippen LogP contribution in [0.15, 0.2) is 18.2 Å². The van der Waals surface area contributed by atoms with E-state index in [1.807, 2.05) is 12.1 Å². The Kier molecular flexibility index (Phi) is 6.14. The topological polar surface area (TPSA) is 47.3 Å². The number of nitrogens with zero attached hydrogens (tertiary/aromatic N) is 2. The van der Waals surface area contributed by atoms with E-state index >= 15 is 0 Å². The maximum Gasteiger partial charge on any atom is 0.0762 e. The lowest BCUT2D eigenvalue weighted by molar-refractivity contribution is 0.199. The van der Waals surface area contributed by atoms with Crippen LogP contribution >= 0.6 is 11.6 Å². The molecular weight excluding hydrogens is 260 g/mol. The minimum Gasteiger partial charge on any atom is -0.389 e. The SMILES string of the molecule is CC(C)CN(CCC#N)c1ccc([C@@H](C)O)cc1Cl. The van der Waals surface area contributed by atoms with Gasteiger partial charge in [0.15, 0.2) is 0 Å².